The Labute approximate surface area is 87.7 Å². The molecule has 0 amide bonds. The minimum absolute atomic E-state index is 0.603. The van der Waals surface area contributed by atoms with Gasteiger partial charge in [-0.05, 0) is 38.6 Å². The first kappa shape index (κ1) is 11.7. The topological polar surface area (TPSA) is 21.3 Å². The van der Waals surface area contributed by atoms with Crippen molar-refractivity contribution in [3.63, 3.8) is 0 Å². The van der Waals surface area contributed by atoms with Gasteiger partial charge in [-0.2, -0.15) is 0 Å². The molecule has 14 heavy (non-hydrogen) atoms. The highest BCUT2D eigenvalue weighted by molar-refractivity contribution is 4.98. The molecule has 1 aliphatic heterocycles. The largest absolute Gasteiger partial charge is 0.381 e. The third-order valence-electron chi connectivity index (χ3n) is 3.21. The van der Waals surface area contributed by atoms with Crippen LogP contribution in [0.5, 0.6) is 0 Å². The molecule has 1 aliphatic rings. The van der Waals surface area contributed by atoms with Crippen LogP contribution in [0, 0.1) is 5.92 Å². The normalized spacial score (nSPS) is 20.7. The van der Waals surface area contributed by atoms with Crippen molar-refractivity contribution in [2.75, 3.05) is 20.3 Å². The van der Waals surface area contributed by atoms with E-state index in [1.54, 1.807) is 0 Å². The van der Waals surface area contributed by atoms with Crippen LogP contribution in [0.2, 0.25) is 0 Å². The SMILES string of the molecule is C=C(CC)CC(NC)C1CCOCC1. The summed E-state index contributed by atoms with van der Waals surface area (Å²) >= 11 is 0. The fourth-order valence-corrected chi connectivity index (χ4v) is 2.08. The first-order valence-corrected chi connectivity index (χ1v) is 5.69. The summed E-state index contributed by atoms with van der Waals surface area (Å²) in [6.45, 7) is 8.13. The van der Waals surface area contributed by atoms with Gasteiger partial charge in [0.2, 0.25) is 0 Å². The predicted molar refractivity (Wildman–Crippen MR) is 60.4 cm³/mol. The maximum atomic E-state index is 5.38. The standard InChI is InChI=1S/C12H23NO/c1-4-10(2)9-12(13-3)11-5-7-14-8-6-11/h11-13H,2,4-9H2,1,3H3. The van der Waals surface area contributed by atoms with Crippen molar-refractivity contribution in [1.29, 1.82) is 0 Å². The first-order valence-electron chi connectivity index (χ1n) is 5.69. The van der Waals surface area contributed by atoms with Crippen LogP contribution in [0.3, 0.4) is 0 Å². The molecule has 0 aliphatic carbocycles. The zero-order chi connectivity index (χ0) is 10.4. The van der Waals surface area contributed by atoms with Crippen LogP contribution in [0.4, 0.5) is 0 Å². The molecule has 1 unspecified atom stereocenters. The third kappa shape index (κ3) is 3.43. The summed E-state index contributed by atoms with van der Waals surface area (Å²) < 4.78 is 5.38. The van der Waals surface area contributed by atoms with Gasteiger partial charge in [0.15, 0.2) is 0 Å². The Morgan fingerprint density at radius 1 is 1.50 bits per heavy atom. The molecular weight excluding hydrogens is 174 g/mol. The number of nitrogens with one attached hydrogen (secondary N) is 1. The van der Waals surface area contributed by atoms with Gasteiger partial charge in [0.05, 0.1) is 0 Å². The predicted octanol–water partition coefficient (Wildman–Crippen LogP) is 2.36. The molecule has 0 aromatic rings. The second-order valence-electron chi connectivity index (χ2n) is 4.15. The van der Waals surface area contributed by atoms with Crippen LogP contribution in [-0.4, -0.2) is 26.3 Å². The molecule has 82 valence electrons. The van der Waals surface area contributed by atoms with Gasteiger partial charge < -0.3 is 10.1 Å². The Kier molecular flexibility index (Phi) is 5.20. The second kappa shape index (κ2) is 6.20. The highest BCUT2D eigenvalue weighted by Gasteiger charge is 2.22. The minimum atomic E-state index is 0.603. The minimum Gasteiger partial charge on any atom is -0.381 e. The van der Waals surface area contributed by atoms with Crippen molar-refractivity contribution in [2.24, 2.45) is 5.92 Å². The highest BCUT2D eigenvalue weighted by atomic mass is 16.5. The molecule has 1 rings (SSSR count). The maximum Gasteiger partial charge on any atom is 0.0469 e. The number of rotatable bonds is 5. The lowest BCUT2D eigenvalue weighted by molar-refractivity contribution is 0.0547. The highest BCUT2D eigenvalue weighted by Crippen LogP contribution is 2.23. The van der Waals surface area contributed by atoms with Gasteiger partial charge in [-0.3, -0.25) is 0 Å². The van der Waals surface area contributed by atoms with Crippen molar-refractivity contribution < 1.29 is 4.74 Å². The van der Waals surface area contributed by atoms with Gasteiger partial charge in [0, 0.05) is 19.3 Å². The van der Waals surface area contributed by atoms with Crippen LogP contribution >= 0.6 is 0 Å². The second-order valence-corrected chi connectivity index (χ2v) is 4.15. The van der Waals surface area contributed by atoms with Gasteiger partial charge in [-0.1, -0.05) is 19.1 Å². The van der Waals surface area contributed by atoms with Crippen molar-refractivity contribution in [3.8, 4) is 0 Å². The van der Waals surface area contributed by atoms with Crippen molar-refractivity contribution in [2.45, 2.75) is 38.6 Å². The molecule has 1 fully saturated rings. The molecular formula is C12H23NO. The number of hydrogen-bond acceptors (Lipinski definition) is 2. The Morgan fingerprint density at radius 2 is 2.14 bits per heavy atom. The fourth-order valence-electron chi connectivity index (χ4n) is 2.08. The monoisotopic (exact) mass is 197 g/mol. The lowest BCUT2D eigenvalue weighted by Gasteiger charge is -2.30. The summed E-state index contributed by atoms with van der Waals surface area (Å²) in [5.41, 5.74) is 1.36. The van der Waals surface area contributed by atoms with E-state index in [9.17, 15) is 0 Å². The number of ether oxygens (including phenoxy) is 1. The van der Waals surface area contributed by atoms with Crippen LogP contribution in [-0.2, 0) is 4.74 Å². The summed E-state index contributed by atoms with van der Waals surface area (Å²) in [5.74, 6) is 0.775. The average Bonchev–Trinajstić information content (AvgIpc) is 2.26. The van der Waals surface area contributed by atoms with Crippen LogP contribution in [0.15, 0.2) is 12.2 Å². The summed E-state index contributed by atoms with van der Waals surface area (Å²) in [5, 5.41) is 3.42. The van der Waals surface area contributed by atoms with Gasteiger partial charge in [0.1, 0.15) is 0 Å². The quantitative estimate of drug-likeness (QED) is 0.683. The molecule has 0 aromatic heterocycles. The molecule has 1 atom stereocenters. The van der Waals surface area contributed by atoms with E-state index in [2.05, 4.69) is 25.9 Å². The van der Waals surface area contributed by atoms with E-state index in [1.165, 1.54) is 18.4 Å². The Bertz CT molecular complexity index is 173. The average molecular weight is 197 g/mol. The van der Waals surface area contributed by atoms with E-state index >= 15 is 0 Å². The Morgan fingerprint density at radius 3 is 2.64 bits per heavy atom. The molecule has 1 saturated heterocycles. The third-order valence-corrected chi connectivity index (χ3v) is 3.21. The molecule has 2 heteroatoms. The van der Waals surface area contributed by atoms with E-state index < -0.39 is 0 Å². The van der Waals surface area contributed by atoms with Crippen LogP contribution in [0.25, 0.3) is 0 Å². The maximum absolute atomic E-state index is 5.38. The van der Waals surface area contributed by atoms with Gasteiger partial charge in [-0.15, -0.1) is 0 Å². The molecule has 0 bridgehead atoms. The molecule has 0 aromatic carbocycles. The van der Waals surface area contributed by atoms with Crippen LogP contribution in [0.1, 0.15) is 32.6 Å². The smallest absolute Gasteiger partial charge is 0.0469 e. The molecule has 0 saturated carbocycles. The number of hydrogen-bond donors (Lipinski definition) is 1. The van der Waals surface area contributed by atoms with E-state index in [4.69, 9.17) is 4.74 Å². The summed E-state index contributed by atoms with van der Waals surface area (Å²) in [4.78, 5) is 0. The lowest BCUT2D eigenvalue weighted by Crippen LogP contribution is -2.37. The van der Waals surface area contributed by atoms with E-state index in [-0.39, 0.29) is 0 Å². The summed E-state index contributed by atoms with van der Waals surface area (Å²) in [7, 11) is 2.06. The van der Waals surface area contributed by atoms with Gasteiger partial charge >= 0.3 is 0 Å². The first-order chi connectivity index (χ1) is 6.77. The molecule has 2 nitrogen and oxygen atoms in total. The van der Waals surface area contributed by atoms with Crippen LogP contribution < -0.4 is 5.32 Å². The Hall–Kier alpha value is -0.340. The van der Waals surface area contributed by atoms with Crippen molar-refractivity contribution in [1.82, 2.24) is 5.32 Å². The van der Waals surface area contributed by atoms with Gasteiger partial charge in [-0.25, -0.2) is 0 Å². The Balaban J connectivity index is 2.39. The summed E-state index contributed by atoms with van der Waals surface area (Å²) in [6, 6.07) is 0.603. The zero-order valence-corrected chi connectivity index (χ0v) is 9.51. The zero-order valence-electron chi connectivity index (χ0n) is 9.51. The van der Waals surface area contributed by atoms with E-state index in [0.717, 1.165) is 32.0 Å². The molecule has 0 spiro atoms. The van der Waals surface area contributed by atoms with Crippen molar-refractivity contribution >= 4 is 0 Å². The summed E-state index contributed by atoms with van der Waals surface area (Å²) in [6.07, 6.45) is 4.62. The molecule has 1 N–H and O–H groups in total. The lowest BCUT2D eigenvalue weighted by atomic mass is 9.87. The van der Waals surface area contributed by atoms with E-state index in [1.807, 2.05) is 0 Å². The molecule has 1 heterocycles. The van der Waals surface area contributed by atoms with E-state index in [0.29, 0.717) is 6.04 Å². The molecule has 0 radical (unpaired) electrons. The van der Waals surface area contributed by atoms with Gasteiger partial charge in [0.25, 0.3) is 0 Å². The van der Waals surface area contributed by atoms with Crippen molar-refractivity contribution in [3.05, 3.63) is 12.2 Å². The fraction of sp³-hybridized carbons (Fsp3) is 0.833.